The molecule has 0 saturated heterocycles. The van der Waals surface area contributed by atoms with Crippen LogP contribution in [-0.4, -0.2) is 14.8 Å². The topological polar surface area (TPSA) is 50.7 Å². The minimum absolute atomic E-state index is 0.238. The number of alkyl halides is 2. The standard InChI is InChI=1S/C12H13F2N3O/c13-11(14)8-5-10(18)15-12-9(8)6-17(16-12)7-3-1-2-4-7/h5-7,11H,1-4H2,(H,15,16,18). The van der Waals surface area contributed by atoms with E-state index < -0.39 is 12.0 Å². The highest BCUT2D eigenvalue weighted by Gasteiger charge is 2.21. The van der Waals surface area contributed by atoms with Gasteiger partial charge in [-0.2, -0.15) is 5.10 Å². The van der Waals surface area contributed by atoms with Gasteiger partial charge in [0, 0.05) is 23.2 Å². The number of H-pyrrole nitrogens is 1. The van der Waals surface area contributed by atoms with Gasteiger partial charge < -0.3 is 4.98 Å². The van der Waals surface area contributed by atoms with Crippen LogP contribution >= 0.6 is 0 Å². The summed E-state index contributed by atoms with van der Waals surface area (Å²) in [6.45, 7) is 0. The molecule has 3 rings (SSSR count). The predicted molar refractivity (Wildman–Crippen MR) is 62.8 cm³/mol. The van der Waals surface area contributed by atoms with Crippen molar-refractivity contribution in [3.63, 3.8) is 0 Å². The normalized spacial score (nSPS) is 17.1. The Morgan fingerprint density at radius 2 is 2.11 bits per heavy atom. The van der Waals surface area contributed by atoms with Crippen LogP contribution in [0.25, 0.3) is 11.0 Å². The van der Waals surface area contributed by atoms with Crippen LogP contribution in [-0.2, 0) is 0 Å². The highest BCUT2D eigenvalue weighted by atomic mass is 19.3. The zero-order valence-electron chi connectivity index (χ0n) is 9.70. The molecule has 1 N–H and O–H groups in total. The van der Waals surface area contributed by atoms with Crippen LogP contribution in [0, 0.1) is 0 Å². The Morgan fingerprint density at radius 3 is 2.78 bits per heavy atom. The summed E-state index contributed by atoms with van der Waals surface area (Å²) >= 11 is 0. The summed E-state index contributed by atoms with van der Waals surface area (Å²) in [5.41, 5.74) is -0.517. The molecule has 1 aliphatic rings. The number of aromatic amines is 1. The van der Waals surface area contributed by atoms with Gasteiger partial charge in [0.25, 0.3) is 6.43 Å². The van der Waals surface area contributed by atoms with Crippen LogP contribution in [0.3, 0.4) is 0 Å². The maximum atomic E-state index is 12.9. The summed E-state index contributed by atoms with van der Waals surface area (Å²) in [4.78, 5) is 13.8. The number of pyridine rings is 1. The SMILES string of the molecule is O=c1cc(C(F)F)c2cn(C3CCCC3)nc2[nH]1. The molecule has 0 amide bonds. The van der Waals surface area contributed by atoms with Crippen molar-refractivity contribution in [2.75, 3.05) is 0 Å². The third kappa shape index (κ3) is 1.81. The largest absolute Gasteiger partial charge is 0.305 e. The molecule has 0 unspecified atom stereocenters. The molecule has 6 heteroatoms. The van der Waals surface area contributed by atoms with Crippen molar-refractivity contribution >= 4 is 11.0 Å². The number of nitrogens with zero attached hydrogens (tertiary/aromatic N) is 2. The van der Waals surface area contributed by atoms with Gasteiger partial charge in [0.15, 0.2) is 5.65 Å². The van der Waals surface area contributed by atoms with Crippen LogP contribution in [0.2, 0.25) is 0 Å². The van der Waals surface area contributed by atoms with Gasteiger partial charge in [0.2, 0.25) is 5.56 Å². The number of fused-ring (bicyclic) bond motifs is 1. The molecule has 0 bridgehead atoms. The van der Waals surface area contributed by atoms with Gasteiger partial charge in [-0.25, -0.2) is 8.78 Å². The fourth-order valence-corrected chi connectivity index (χ4v) is 2.60. The van der Waals surface area contributed by atoms with Crippen LogP contribution in [0.15, 0.2) is 17.1 Å². The molecule has 4 nitrogen and oxygen atoms in total. The summed E-state index contributed by atoms with van der Waals surface area (Å²) in [5, 5.41) is 4.57. The van der Waals surface area contributed by atoms with E-state index in [4.69, 9.17) is 0 Å². The summed E-state index contributed by atoms with van der Waals surface area (Å²) < 4.78 is 27.5. The first kappa shape index (κ1) is 11.4. The number of nitrogens with one attached hydrogen (secondary N) is 1. The number of halogens is 2. The molecule has 2 heterocycles. The lowest BCUT2D eigenvalue weighted by Gasteiger charge is -2.07. The first-order valence-electron chi connectivity index (χ1n) is 6.05. The Bertz CT molecular complexity index is 626. The molecule has 1 fully saturated rings. The molecule has 0 spiro atoms. The second kappa shape index (κ2) is 4.19. The zero-order chi connectivity index (χ0) is 12.7. The van der Waals surface area contributed by atoms with Crippen molar-refractivity contribution in [2.24, 2.45) is 0 Å². The number of rotatable bonds is 2. The van der Waals surface area contributed by atoms with Crippen LogP contribution in [0.5, 0.6) is 0 Å². The lowest BCUT2D eigenvalue weighted by molar-refractivity contribution is 0.153. The maximum Gasteiger partial charge on any atom is 0.264 e. The molecule has 18 heavy (non-hydrogen) atoms. The first-order chi connectivity index (χ1) is 8.65. The number of aromatic nitrogens is 3. The summed E-state index contributed by atoms with van der Waals surface area (Å²) in [6, 6.07) is 1.22. The third-order valence-electron chi connectivity index (χ3n) is 3.51. The fourth-order valence-electron chi connectivity index (χ4n) is 2.60. The molecule has 96 valence electrons. The lowest BCUT2D eigenvalue weighted by atomic mass is 10.2. The van der Waals surface area contributed by atoms with E-state index in [-0.39, 0.29) is 17.3 Å². The van der Waals surface area contributed by atoms with Crippen LogP contribution in [0.1, 0.15) is 43.7 Å². The summed E-state index contributed by atoms with van der Waals surface area (Å²) in [7, 11) is 0. The van der Waals surface area contributed by atoms with E-state index in [1.807, 2.05) is 0 Å². The molecular weight excluding hydrogens is 240 g/mol. The molecule has 1 aliphatic carbocycles. The van der Waals surface area contributed by atoms with Crippen LogP contribution < -0.4 is 5.56 Å². The summed E-state index contributed by atoms with van der Waals surface area (Å²) in [6.07, 6.45) is 3.28. The van der Waals surface area contributed by atoms with Crippen molar-refractivity contribution in [1.29, 1.82) is 0 Å². The average Bonchev–Trinajstić information content (AvgIpc) is 2.95. The predicted octanol–water partition coefficient (Wildman–Crippen LogP) is 2.78. The Morgan fingerprint density at radius 1 is 1.39 bits per heavy atom. The second-order valence-electron chi connectivity index (χ2n) is 4.70. The Kier molecular flexibility index (Phi) is 2.65. The first-order valence-corrected chi connectivity index (χ1v) is 6.05. The van der Waals surface area contributed by atoms with Crippen molar-refractivity contribution < 1.29 is 8.78 Å². The molecule has 0 radical (unpaired) electrons. The highest BCUT2D eigenvalue weighted by Crippen LogP contribution is 2.31. The number of hydrogen-bond donors (Lipinski definition) is 1. The van der Waals surface area contributed by atoms with Gasteiger partial charge in [-0.1, -0.05) is 12.8 Å². The van der Waals surface area contributed by atoms with Crippen molar-refractivity contribution in [1.82, 2.24) is 14.8 Å². The molecule has 0 aromatic carbocycles. The van der Waals surface area contributed by atoms with E-state index in [0.717, 1.165) is 31.7 Å². The van der Waals surface area contributed by atoms with E-state index in [9.17, 15) is 13.6 Å². The molecular formula is C12H13F2N3O. The average molecular weight is 253 g/mol. The molecule has 0 aliphatic heterocycles. The van der Waals surface area contributed by atoms with Crippen molar-refractivity contribution in [3.05, 3.63) is 28.2 Å². The number of hydrogen-bond acceptors (Lipinski definition) is 2. The Hall–Kier alpha value is -1.72. The van der Waals surface area contributed by atoms with E-state index in [2.05, 4.69) is 10.1 Å². The van der Waals surface area contributed by atoms with E-state index in [0.29, 0.717) is 5.39 Å². The van der Waals surface area contributed by atoms with Crippen molar-refractivity contribution in [3.8, 4) is 0 Å². The monoisotopic (exact) mass is 253 g/mol. The Balaban J connectivity index is 2.15. The minimum atomic E-state index is -2.66. The van der Waals surface area contributed by atoms with Gasteiger partial charge in [0.1, 0.15) is 0 Å². The van der Waals surface area contributed by atoms with E-state index >= 15 is 0 Å². The van der Waals surface area contributed by atoms with Gasteiger partial charge in [-0.3, -0.25) is 9.48 Å². The maximum absolute atomic E-state index is 12.9. The quantitative estimate of drug-likeness (QED) is 0.894. The lowest BCUT2D eigenvalue weighted by Crippen LogP contribution is -2.07. The van der Waals surface area contributed by atoms with Gasteiger partial charge in [-0.15, -0.1) is 0 Å². The third-order valence-corrected chi connectivity index (χ3v) is 3.51. The molecule has 2 aromatic rings. The van der Waals surface area contributed by atoms with Gasteiger partial charge in [-0.05, 0) is 12.8 Å². The smallest absolute Gasteiger partial charge is 0.264 e. The fraction of sp³-hybridized carbons (Fsp3) is 0.500. The molecule has 2 aromatic heterocycles. The zero-order valence-corrected chi connectivity index (χ0v) is 9.70. The van der Waals surface area contributed by atoms with E-state index in [1.165, 1.54) is 0 Å². The minimum Gasteiger partial charge on any atom is -0.305 e. The molecule has 1 saturated carbocycles. The van der Waals surface area contributed by atoms with E-state index in [1.54, 1.807) is 10.9 Å². The van der Waals surface area contributed by atoms with Crippen molar-refractivity contribution in [2.45, 2.75) is 38.2 Å². The highest BCUT2D eigenvalue weighted by molar-refractivity contribution is 5.78. The van der Waals surface area contributed by atoms with Gasteiger partial charge >= 0.3 is 0 Å². The summed E-state index contributed by atoms with van der Waals surface area (Å²) in [5.74, 6) is 0. The molecule has 0 atom stereocenters. The second-order valence-corrected chi connectivity index (χ2v) is 4.70. The van der Waals surface area contributed by atoms with Crippen LogP contribution in [0.4, 0.5) is 8.78 Å². The van der Waals surface area contributed by atoms with Gasteiger partial charge in [0.05, 0.1) is 6.04 Å². The Labute approximate surface area is 102 Å².